The molecule has 0 fully saturated rings. The Kier molecular flexibility index (Phi) is 6.23. The Morgan fingerprint density at radius 3 is 2.38 bits per heavy atom. The van der Waals surface area contributed by atoms with Crippen molar-refractivity contribution in [1.29, 1.82) is 0 Å². The van der Waals surface area contributed by atoms with E-state index in [1.165, 1.54) is 12.0 Å². The largest absolute Gasteiger partial charge is 0.467 e. The van der Waals surface area contributed by atoms with Crippen molar-refractivity contribution in [3.8, 4) is 0 Å². The molecule has 0 spiro atoms. The summed E-state index contributed by atoms with van der Waals surface area (Å²) >= 11 is 5.94. The molecule has 1 amide bonds. The van der Waals surface area contributed by atoms with E-state index in [1.54, 1.807) is 19.1 Å². The van der Waals surface area contributed by atoms with Crippen molar-refractivity contribution in [2.75, 3.05) is 12.0 Å². The minimum Gasteiger partial charge on any atom is -0.467 e. The molecular formula is C22H23ClN2O4. The van der Waals surface area contributed by atoms with Crippen LogP contribution in [0.4, 0.5) is 5.69 Å². The predicted molar refractivity (Wildman–Crippen MR) is 112 cm³/mol. The number of aryl methyl sites for hydroxylation is 2. The standard InChI is InChI=1S/C22H23ClN2O4/c1-13-6-5-7-14(2)20(13)25(15(3)22(27)28-4)21(26)19-12-18(24-29-19)16-8-10-17(23)11-9-16/h5-11,15,19H,12H2,1-4H3. The monoisotopic (exact) mass is 414 g/mol. The molecule has 3 rings (SSSR count). The molecule has 0 aliphatic carbocycles. The molecule has 2 aromatic rings. The lowest BCUT2D eigenvalue weighted by atomic mass is 10.0. The first-order chi connectivity index (χ1) is 13.8. The maximum absolute atomic E-state index is 13.4. The van der Waals surface area contributed by atoms with Gasteiger partial charge in [0.15, 0.2) is 0 Å². The van der Waals surface area contributed by atoms with Gasteiger partial charge in [-0.05, 0) is 49.6 Å². The molecule has 2 unspecified atom stereocenters. The number of nitrogens with zero attached hydrogens (tertiary/aromatic N) is 2. The highest BCUT2D eigenvalue weighted by Gasteiger charge is 2.38. The Hall–Kier alpha value is -2.86. The van der Waals surface area contributed by atoms with Crippen LogP contribution in [-0.4, -0.2) is 36.8 Å². The maximum Gasteiger partial charge on any atom is 0.328 e. The van der Waals surface area contributed by atoms with Crippen LogP contribution in [0.25, 0.3) is 0 Å². The Bertz CT molecular complexity index is 936. The first kappa shape index (κ1) is 20.9. The fourth-order valence-corrected chi connectivity index (χ4v) is 3.56. The molecule has 1 aliphatic heterocycles. The molecule has 0 radical (unpaired) electrons. The summed E-state index contributed by atoms with van der Waals surface area (Å²) in [6.45, 7) is 5.45. The molecule has 29 heavy (non-hydrogen) atoms. The van der Waals surface area contributed by atoms with Gasteiger partial charge in [-0.3, -0.25) is 9.69 Å². The number of ether oxygens (including phenoxy) is 1. The molecule has 2 aromatic carbocycles. The average molecular weight is 415 g/mol. The van der Waals surface area contributed by atoms with Gasteiger partial charge in [-0.2, -0.15) is 0 Å². The van der Waals surface area contributed by atoms with Crippen LogP contribution in [0.15, 0.2) is 47.6 Å². The van der Waals surface area contributed by atoms with E-state index in [0.29, 0.717) is 22.8 Å². The van der Waals surface area contributed by atoms with E-state index < -0.39 is 18.1 Å². The number of hydrogen-bond acceptors (Lipinski definition) is 5. The van der Waals surface area contributed by atoms with Gasteiger partial charge in [-0.1, -0.05) is 47.1 Å². The van der Waals surface area contributed by atoms with Crippen molar-refractivity contribution in [3.63, 3.8) is 0 Å². The second kappa shape index (κ2) is 8.66. The average Bonchev–Trinajstić information content (AvgIpc) is 3.20. The lowest BCUT2D eigenvalue weighted by Crippen LogP contribution is -2.49. The van der Waals surface area contributed by atoms with E-state index in [4.69, 9.17) is 21.2 Å². The van der Waals surface area contributed by atoms with E-state index in [-0.39, 0.29) is 5.91 Å². The molecule has 0 N–H and O–H groups in total. The summed E-state index contributed by atoms with van der Waals surface area (Å²) in [4.78, 5) is 32.7. The second-order valence-corrected chi connectivity index (χ2v) is 7.43. The number of esters is 1. The predicted octanol–water partition coefficient (Wildman–Crippen LogP) is 4.04. The molecule has 0 saturated heterocycles. The topological polar surface area (TPSA) is 68.2 Å². The Morgan fingerprint density at radius 2 is 1.79 bits per heavy atom. The van der Waals surface area contributed by atoms with Crippen molar-refractivity contribution in [2.24, 2.45) is 5.16 Å². The number of carbonyl (C=O) groups is 2. The number of benzene rings is 2. The summed E-state index contributed by atoms with van der Waals surface area (Å²) in [6, 6.07) is 12.1. The lowest BCUT2D eigenvalue weighted by molar-refractivity contribution is -0.144. The summed E-state index contributed by atoms with van der Waals surface area (Å²) in [7, 11) is 1.31. The van der Waals surface area contributed by atoms with Crippen molar-refractivity contribution in [3.05, 3.63) is 64.2 Å². The molecular weight excluding hydrogens is 392 g/mol. The van der Waals surface area contributed by atoms with Gasteiger partial charge in [0.25, 0.3) is 5.91 Å². The van der Waals surface area contributed by atoms with Gasteiger partial charge < -0.3 is 9.57 Å². The Balaban J connectivity index is 1.90. The fraction of sp³-hybridized carbons (Fsp3) is 0.318. The number of oxime groups is 1. The van der Waals surface area contributed by atoms with Crippen LogP contribution in [-0.2, 0) is 19.2 Å². The summed E-state index contributed by atoms with van der Waals surface area (Å²) in [5.74, 6) is -0.842. The number of hydrogen-bond donors (Lipinski definition) is 0. The summed E-state index contributed by atoms with van der Waals surface area (Å²) in [6.07, 6.45) is -0.526. The molecule has 7 heteroatoms. The number of methoxy groups -OCH3 is 1. The third-order valence-corrected chi connectivity index (χ3v) is 5.22. The molecule has 0 saturated carbocycles. The zero-order valence-electron chi connectivity index (χ0n) is 16.8. The first-order valence-corrected chi connectivity index (χ1v) is 9.67. The first-order valence-electron chi connectivity index (χ1n) is 9.29. The number of anilines is 1. The minimum absolute atomic E-state index is 0.301. The van der Waals surface area contributed by atoms with Gasteiger partial charge in [0.05, 0.1) is 18.5 Å². The lowest BCUT2D eigenvalue weighted by Gasteiger charge is -2.31. The second-order valence-electron chi connectivity index (χ2n) is 6.99. The van der Waals surface area contributed by atoms with Crippen LogP contribution >= 0.6 is 11.6 Å². The van der Waals surface area contributed by atoms with Crippen LogP contribution < -0.4 is 4.90 Å². The van der Waals surface area contributed by atoms with Gasteiger partial charge >= 0.3 is 5.97 Å². The third kappa shape index (κ3) is 4.27. The van der Waals surface area contributed by atoms with Crippen LogP contribution in [0, 0.1) is 13.8 Å². The summed E-state index contributed by atoms with van der Waals surface area (Å²) < 4.78 is 4.89. The molecule has 6 nitrogen and oxygen atoms in total. The molecule has 0 aromatic heterocycles. The molecule has 152 valence electrons. The molecule has 1 aliphatic rings. The molecule has 2 atom stereocenters. The molecule has 0 bridgehead atoms. The van der Waals surface area contributed by atoms with Gasteiger partial charge in [-0.25, -0.2) is 4.79 Å². The number of para-hydroxylation sites is 1. The normalized spacial score (nSPS) is 16.6. The van der Waals surface area contributed by atoms with Crippen molar-refractivity contribution < 1.29 is 19.2 Å². The third-order valence-electron chi connectivity index (χ3n) is 4.97. The van der Waals surface area contributed by atoms with Crippen LogP contribution in [0.1, 0.15) is 30.0 Å². The highest BCUT2D eigenvalue weighted by atomic mass is 35.5. The Labute approximate surface area is 175 Å². The number of halogens is 1. The maximum atomic E-state index is 13.4. The van der Waals surface area contributed by atoms with Crippen molar-refractivity contribution in [2.45, 2.75) is 39.3 Å². The number of amides is 1. The number of carbonyl (C=O) groups excluding carboxylic acids is 2. The van der Waals surface area contributed by atoms with Gasteiger partial charge in [-0.15, -0.1) is 0 Å². The fourth-order valence-electron chi connectivity index (χ4n) is 3.43. The highest BCUT2D eigenvalue weighted by Crippen LogP contribution is 2.30. The zero-order chi connectivity index (χ0) is 21.1. The SMILES string of the molecule is COC(=O)C(C)N(C(=O)C1CC(c2ccc(Cl)cc2)=NO1)c1c(C)cccc1C. The number of rotatable bonds is 5. The smallest absolute Gasteiger partial charge is 0.328 e. The van der Waals surface area contributed by atoms with E-state index >= 15 is 0 Å². The quantitative estimate of drug-likeness (QED) is 0.692. The van der Waals surface area contributed by atoms with Crippen LogP contribution in [0.3, 0.4) is 0 Å². The van der Waals surface area contributed by atoms with Crippen LogP contribution in [0.5, 0.6) is 0 Å². The summed E-state index contributed by atoms with van der Waals surface area (Å²) in [5, 5.41) is 4.71. The highest BCUT2D eigenvalue weighted by molar-refractivity contribution is 6.30. The van der Waals surface area contributed by atoms with Crippen molar-refractivity contribution >= 4 is 34.9 Å². The van der Waals surface area contributed by atoms with E-state index in [2.05, 4.69) is 5.16 Å². The van der Waals surface area contributed by atoms with Gasteiger partial charge in [0, 0.05) is 11.4 Å². The van der Waals surface area contributed by atoms with Crippen molar-refractivity contribution in [1.82, 2.24) is 0 Å². The molecule has 1 heterocycles. The van der Waals surface area contributed by atoms with E-state index in [9.17, 15) is 9.59 Å². The minimum atomic E-state index is -0.827. The van der Waals surface area contributed by atoms with Crippen LogP contribution in [0.2, 0.25) is 5.02 Å². The van der Waals surface area contributed by atoms with E-state index in [0.717, 1.165) is 16.7 Å². The summed E-state index contributed by atoms with van der Waals surface area (Å²) in [5.41, 5.74) is 3.94. The van der Waals surface area contributed by atoms with Gasteiger partial charge in [0.2, 0.25) is 6.10 Å². The Morgan fingerprint density at radius 1 is 1.17 bits per heavy atom. The van der Waals surface area contributed by atoms with Gasteiger partial charge in [0.1, 0.15) is 6.04 Å². The van der Waals surface area contributed by atoms with E-state index in [1.807, 2.05) is 44.2 Å². The zero-order valence-corrected chi connectivity index (χ0v) is 17.6.